The van der Waals surface area contributed by atoms with Gasteiger partial charge in [0, 0.05) is 6.61 Å². The van der Waals surface area contributed by atoms with Crippen LogP contribution < -0.4 is 5.32 Å². The number of carbonyl (C=O) groups excluding carboxylic acids is 1. The van der Waals surface area contributed by atoms with Gasteiger partial charge in [-0.3, -0.25) is 0 Å². The largest absolute Gasteiger partial charge is 0.462 e. The fraction of sp³-hybridized carbons (Fsp3) is 0.500. The van der Waals surface area contributed by atoms with E-state index in [1.54, 1.807) is 6.92 Å². The molecule has 0 amide bonds. The van der Waals surface area contributed by atoms with E-state index in [9.17, 15) is 4.79 Å². The first-order valence-electron chi connectivity index (χ1n) is 6.26. The van der Waals surface area contributed by atoms with Gasteiger partial charge < -0.3 is 14.8 Å². The number of esters is 1. The number of hydrogen-bond donors (Lipinski definition) is 1. The third kappa shape index (κ3) is 2.40. The van der Waals surface area contributed by atoms with Crippen molar-refractivity contribution in [3.63, 3.8) is 0 Å². The van der Waals surface area contributed by atoms with Crippen LogP contribution in [0, 0.1) is 0 Å². The number of rotatable bonds is 4. The second kappa shape index (κ2) is 5.50. The van der Waals surface area contributed by atoms with Crippen LogP contribution in [0.25, 0.3) is 0 Å². The van der Waals surface area contributed by atoms with Gasteiger partial charge in [0.05, 0.1) is 24.3 Å². The highest BCUT2D eigenvalue weighted by Crippen LogP contribution is 2.30. The standard InChI is InChI=1S/C14H19NO3/c1-3-18-13(16)11-4-6-12(7-5-11)14(15-2)8-9-17-10-14/h4-7,15H,3,8-10H2,1-2H3. The lowest BCUT2D eigenvalue weighted by Crippen LogP contribution is -2.40. The summed E-state index contributed by atoms with van der Waals surface area (Å²) in [7, 11) is 1.94. The topological polar surface area (TPSA) is 47.6 Å². The van der Waals surface area contributed by atoms with Crippen molar-refractivity contribution in [2.24, 2.45) is 0 Å². The lowest BCUT2D eigenvalue weighted by molar-refractivity contribution is 0.0526. The van der Waals surface area contributed by atoms with Gasteiger partial charge in [0.15, 0.2) is 0 Å². The zero-order valence-corrected chi connectivity index (χ0v) is 10.9. The molecule has 0 saturated carbocycles. The molecule has 1 aliphatic rings. The van der Waals surface area contributed by atoms with E-state index in [-0.39, 0.29) is 11.5 Å². The maximum absolute atomic E-state index is 11.6. The summed E-state index contributed by atoms with van der Waals surface area (Å²) in [6, 6.07) is 7.56. The van der Waals surface area contributed by atoms with Crippen molar-refractivity contribution in [2.75, 3.05) is 26.9 Å². The van der Waals surface area contributed by atoms with Gasteiger partial charge >= 0.3 is 5.97 Å². The predicted octanol–water partition coefficient (Wildman–Crippen LogP) is 1.70. The molecule has 1 fully saturated rings. The van der Waals surface area contributed by atoms with Crippen molar-refractivity contribution in [1.82, 2.24) is 5.32 Å². The first-order chi connectivity index (χ1) is 8.72. The summed E-state index contributed by atoms with van der Waals surface area (Å²) >= 11 is 0. The highest BCUT2D eigenvalue weighted by Gasteiger charge is 2.34. The molecule has 4 nitrogen and oxygen atoms in total. The molecule has 4 heteroatoms. The minimum absolute atomic E-state index is 0.118. The number of hydrogen-bond acceptors (Lipinski definition) is 4. The van der Waals surface area contributed by atoms with Crippen LogP contribution in [-0.2, 0) is 15.0 Å². The Morgan fingerprint density at radius 3 is 2.67 bits per heavy atom. The van der Waals surface area contributed by atoms with Gasteiger partial charge in [0.2, 0.25) is 0 Å². The Hall–Kier alpha value is -1.39. The maximum Gasteiger partial charge on any atom is 0.338 e. The Balaban J connectivity index is 2.19. The highest BCUT2D eigenvalue weighted by atomic mass is 16.5. The Kier molecular flexibility index (Phi) is 3.99. The minimum Gasteiger partial charge on any atom is -0.462 e. The Bertz CT molecular complexity index is 408. The van der Waals surface area contributed by atoms with Gasteiger partial charge in [-0.05, 0) is 38.1 Å². The SMILES string of the molecule is CCOC(=O)c1ccc(C2(NC)CCOC2)cc1. The van der Waals surface area contributed by atoms with E-state index in [1.165, 1.54) is 0 Å². The van der Waals surface area contributed by atoms with Crippen molar-refractivity contribution >= 4 is 5.97 Å². The minimum atomic E-state index is -0.273. The summed E-state index contributed by atoms with van der Waals surface area (Å²) in [5.41, 5.74) is 1.62. The van der Waals surface area contributed by atoms with Crippen molar-refractivity contribution in [3.05, 3.63) is 35.4 Å². The molecule has 18 heavy (non-hydrogen) atoms. The number of carbonyl (C=O) groups is 1. The molecule has 1 heterocycles. The molecule has 98 valence electrons. The van der Waals surface area contributed by atoms with Crippen LogP contribution in [0.5, 0.6) is 0 Å². The first-order valence-corrected chi connectivity index (χ1v) is 6.26. The van der Waals surface area contributed by atoms with Gasteiger partial charge in [-0.25, -0.2) is 4.79 Å². The van der Waals surface area contributed by atoms with E-state index in [4.69, 9.17) is 9.47 Å². The molecule has 2 rings (SSSR count). The number of ether oxygens (including phenoxy) is 2. The smallest absolute Gasteiger partial charge is 0.338 e. The van der Waals surface area contributed by atoms with E-state index in [0.717, 1.165) is 18.6 Å². The quantitative estimate of drug-likeness (QED) is 0.825. The zero-order chi connectivity index (χ0) is 13.0. The van der Waals surface area contributed by atoms with Gasteiger partial charge in [0.25, 0.3) is 0 Å². The normalized spacial score (nSPS) is 23.0. The Labute approximate surface area is 107 Å². The average molecular weight is 249 g/mol. The molecule has 0 aromatic heterocycles. The predicted molar refractivity (Wildman–Crippen MR) is 68.6 cm³/mol. The monoisotopic (exact) mass is 249 g/mol. The van der Waals surface area contributed by atoms with Crippen LogP contribution in [0.2, 0.25) is 0 Å². The third-order valence-electron chi connectivity index (χ3n) is 3.45. The summed E-state index contributed by atoms with van der Waals surface area (Å²) in [6.07, 6.45) is 0.947. The summed E-state index contributed by atoms with van der Waals surface area (Å²) in [6.45, 7) is 3.63. The summed E-state index contributed by atoms with van der Waals surface area (Å²) in [4.78, 5) is 11.6. The van der Waals surface area contributed by atoms with Gasteiger partial charge in [-0.15, -0.1) is 0 Å². The lowest BCUT2D eigenvalue weighted by atomic mass is 9.89. The van der Waals surface area contributed by atoms with Gasteiger partial charge in [0.1, 0.15) is 0 Å². The van der Waals surface area contributed by atoms with Crippen LogP contribution in [-0.4, -0.2) is 32.8 Å². The third-order valence-corrected chi connectivity index (χ3v) is 3.45. The molecule has 1 aromatic rings. The van der Waals surface area contributed by atoms with Gasteiger partial charge in [-0.1, -0.05) is 12.1 Å². The maximum atomic E-state index is 11.6. The average Bonchev–Trinajstić information content (AvgIpc) is 2.89. The van der Waals surface area contributed by atoms with Crippen molar-refractivity contribution in [2.45, 2.75) is 18.9 Å². The summed E-state index contributed by atoms with van der Waals surface area (Å²) in [5, 5.41) is 3.33. The van der Waals surface area contributed by atoms with Gasteiger partial charge in [-0.2, -0.15) is 0 Å². The van der Waals surface area contributed by atoms with Crippen molar-refractivity contribution in [1.29, 1.82) is 0 Å². The molecule has 0 radical (unpaired) electrons. The molecule has 1 aromatic carbocycles. The highest BCUT2D eigenvalue weighted by molar-refractivity contribution is 5.89. The zero-order valence-electron chi connectivity index (χ0n) is 10.9. The van der Waals surface area contributed by atoms with Crippen LogP contribution in [0.3, 0.4) is 0 Å². The van der Waals surface area contributed by atoms with E-state index >= 15 is 0 Å². The van der Waals surface area contributed by atoms with Crippen LogP contribution in [0.4, 0.5) is 0 Å². The molecule has 1 saturated heterocycles. The molecule has 0 aliphatic carbocycles. The van der Waals surface area contributed by atoms with Crippen LogP contribution in [0.15, 0.2) is 24.3 Å². The number of likely N-dealkylation sites (N-methyl/N-ethyl adjacent to an activating group) is 1. The second-order valence-electron chi connectivity index (χ2n) is 4.43. The van der Waals surface area contributed by atoms with Crippen molar-refractivity contribution < 1.29 is 14.3 Å². The summed E-state index contributed by atoms with van der Waals surface area (Å²) < 4.78 is 10.4. The molecule has 1 atom stereocenters. The molecular formula is C14H19NO3. The fourth-order valence-corrected chi connectivity index (χ4v) is 2.27. The number of nitrogens with one attached hydrogen (secondary N) is 1. The molecule has 0 spiro atoms. The molecule has 1 N–H and O–H groups in total. The van der Waals surface area contributed by atoms with Crippen LogP contribution in [0.1, 0.15) is 29.3 Å². The van der Waals surface area contributed by atoms with E-state index < -0.39 is 0 Å². The lowest BCUT2D eigenvalue weighted by Gasteiger charge is -2.27. The second-order valence-corrected chi connectivity index (χ2v) is 4.43. The number of benzene rings is 1. The van der Waals surface area contributed by atoms with E-state index in [2.05, 4.69) is 5.32 Å². The molecule has 0 bridgehead atoms. The fourth-order valence-electron chi connectivity index (χ4n) is 2.27. The summed E-state index contributed by atoms with van der Waals surface area (Å²) in [5.74, 6) is -0.273. The van der Waals surface area contributed by atoms with E-state index in [1.807, 2.05) is 31.3 Å². The van der Waals surface area contributed by atoms with E-state index in [0.29, 0.717) is 18.8 Å². The molecular weight excluding hydrogens is 230 g/mol. The Morgan fingerprint density at radius 2 is 2.17 bits per heavy atom. The van der Waals surface area contributed by atoms with Crippen LogP contribution >= 0.6 is 0 Å². The Morgan fingerprint density at radius 1 is 1.44 bits per heavy atom. The molecule has 1 unspecified atom stereocenters. The van der Waals surface area contributed by atoms with Crippen molar-refractivity contribution in [3.8, 4) is 0 Å². The molecule has 1 aliphatic heterocycles. The first kappa shape index (κ1) is 13.1.